The predicted molar refractivity (Wildman–Crippen MR) is 208 cm³/mol. The van der Waals surface area contributed by atoms with Crippen molar-refractivity contribution in [3.63, 3.8) is 0 Å². The van der Waals surface area contributed by atoms with E-state index in [1.807, 2.05) is 41.5 Å². The molecule has 8 unspecified atom stereocenters. The Labute approximate surface area is 328 Å². The van der Waals surface area contributed by atoms with E-state index in [9.17, 15) is 19.5 Å². The van der Waals surface area contributed by atoms with E-state index in [4.69, 9.17) is 19.9 Å². The highest BCUT2D eigenvalue weighted by atomic mass is 33.1. The normalized spacial score (nSPS) is 46.3. The maximum atomic E-state index is 14.5. The topological polar surface area (TPSA) is 162 Å². The number of quaternary nitrogens is 2. The van der Waals surface area contributed by atoms with Crippen LogP contribution < -0.4 is 16.4 Å². The van der Waals surface area contributed by atoms with Crippen molar-refractivity contribution in [2.24, 2.45) is 47.2 Å². The van der Waals surface area contributed by atoms with Gasteiger partial charge in [-0.15, -0.1) is 0 Å². The number of ether oxygens (including phenoxy) is 3. The summed E-state index contributed by atoms with van der Waals surface area (Å²) >= 11 is 0. The number of esters is 2. The summed E-state index contributed by atoms with van der Waals surface area (Å²) in [6.07, 6.45) is 12.2. The summed E-state index contributed by atoms with van der Waals surface area (Å²) < 4.78 is 20.5. The Morgan fingerprint density at radius 3 is 2.78 bits per heavy atom. The van der Waals surface area contributed by atoms with Crippen molar-refractivity contribution in [2.45, 2.75) is 138 Å². The lowest BCUT2D eigenvalue weighted by molar-refractivity contribution is -0.706. The molecule has 11 nitrogen and oxygen atoms in total. The Morgan fingerprint density at radius 2 is 2.00 bits per heavy atom. The van der Waals surface area contributed by atoms with E-state index in [1.54, 1.807) is 0 Å². The van der Waals surface area contributed by atoms with Gasteiger partial charge in [0.25, 0.3) is 0 Å². The van der Waals surface area contributed by atoms with Gasteiger partial charge in [-0.3, -0.25) is 15.3 Å². The molecule has 7 N–H and O–H groups in total. The van der Waals surface area contributed by atoms with Crippen molar-refractivity contribution in [1.29, 1.82) is 0 Å². The van der Waals surface area contributed by atoms with E-state index in [2.05, 4.69) is 35.6 Å². The van der Waals surface area contributed by atoms with Crippen LogP contribution in [0.25, 0.3) is 0 Å². The van der Waals surface area contributed by atoms with Gasteiger partial charge in [-0.2, -0.15) is 0 Å². The quantitative estimate of drug-likeness (QED) is 0.136. The van der Waals surface area contributed by atoms with Crippen LogP contribution in [0.2, 0.25) is 0 Å². The molecular formula is C41H64N4O7S2+2. The molecule has 5 saturated heterocycles. The number of nitrogens with zero attached hydrogens (tertiary/aromatic N) is 1. The number of rotatable bonds is 6. The number of carbonyl (C=O) groups excluding carboxylic acids is 3. The summed E-state index contributed by atoms with van der Waals surface area (Å²) in [6, 6.07) is 0.890. The number of allylic oxidation sites excluding steroid dienone is 1. The third kappa shape index (κ3) is 6.81. The van der Waals surface area contributed by atoms with Crippen molar-refractivity contribution in [3.05, 3.63) is 23.3 Å². The molecule has 3 aliphatic carbocycles. The van der Waals surface area contributed by atoms with Crippen LogP contribution in [-0.4, -0.2) is 107 Å². The van der Waals surface area contributed by atoms with E-state index < -0.39 is 11.2 Å². The van der Waals surface area contributed by atoms with Crippen LogP contribution in [0.5, 0.6) is 0 Å². The minimum absolute atomic E-state index is 0.0734. The zero-order valence-electron chi connectivity index (χ0n) is 32.7. The molecule has 13 heteroatoms. The Kier molecular flexibility index (Phi) is 11.3. The first kappa shape index (κ1) is 39.2. The smallest absolute Gasteiger partial charge is 0.334 e. The molecular weight excluding hydrogens is 725 g/mol. The van der Waals surface area contributed by atoms with Crippen molar-refractivity contribution in [2.75, 3.05) is 32.5 Å². The van der Waals surface area contributed by atoms with Gasteiger partial charge in [0.15, 0.2) is 0 Å². The van der Waals surface area contributed by atoms with Gasteiger partial charge in [-0.05, 0) is 77.0 Å². The van der Waals surface area contributed by atoms with E-state index in [0.717, 1.165) is 50.9 Å². The van der Waals surface area contributed by atoms with Crippen molar-refractivity contribution < 1.29 is 44.3 Å². The van der Waals surface area contributed by atoms with Gasteiger partial charge in [-0.1, -0.05) is 39.3 Å². The van der Waals surface area contributed by atoms with E-state index in [0.29, 0.717) is 60.9 Å². The first-order valence-electron chi connectivity index (χ1n) is 21.0. The third-order valence-electron chi connectivity index (χ3n) is 15.4. The maximum Gasteiger partial charge on any atom is 0.334 e. The molecule has 8 aliphatic rings. The molecule has 5 aliphatic heterocycles. The van der Waals surface area contributed by atoms with Gasteiger partial charge < -0.3 is 34.9 Å². The predicted octanol–water partition coefficient (Wildman–Crippen LogP) is 2.28. The summed E-state index contributed by atoms with van der Waals surface area (Å²) in [4.78, 5) is 43.6. The van der Waals surface area contributed by atoms with Crippen LogP contribution in [-0.2, 0) is 28.6 Å². The average Bonchev–Trinajstić information content (AvgIpc) is 3.51. The SMILES string of the molecule is CC=C(C)C(=O)O[C@@]1(C)CC=C2CSS[C@H]3CC[C@H]([NH2+]C)[C@@H]4CN(C(=O)CC5C[NH2+]C(N)CC5[C@H]2[C@@]12CC1CC5CC(CCCO)C(=O)OC5CC1O2)[C@@H]43. The molecule has 0 aromatic heterocycles. The molecule has 0 aromatic carbocycles. The monoisotopic (exact) mass is 788 g/mol. The molecule has 1 spiro atoms. The summed E-state index contributed by atoms with van der Waals surface area (Å²) in [5.74, 6) is 1.60. The van der Waals surface area contributed by atoms with E-state index >= 15 is 0 Å². The lowest BCUT2D eigenvalue weighted by atomic mass is 9.56. The van der Waals surface area contributed by atoms with Crippen LogP contribution >= 0.6 is 21.6 Å². The van der Waals surface area contributed by atoms with Gasteiger partial charge >= 0.3 is 11.9 Å². The number of piperidine rings is 1. The second-order valence-electron chi connectivity index (χ2n) is 18.2. The Bertz CT molecular complexity index is 1530. The average molecular weight is 789 g/mol. The zero-order valence-corrected chi connectivity index (χ0v) is 34.3. The van der Waals surface area contributed by atoms with Crippen molar-refractivity contribution in [1.82, 2.24) is 4.90 Å². The fourth-order valence-electron chi connectivity index (χ4n) is 12.4. The van der Waals surface area contributed by atoms with Gasteiger partial charge in [0.05, 0.1) is 43.6 Å². The minimum Gasteiger partial charge on any atom is -0.462 e. The lowest BCUT2D eigenvalue weighted by Crippen LogP contribution is -2.96. The number of hydrogen-bond donors (Lipinski definition) is 4. The highest BCUT2D eigenvalue weighted by Gasteiger charge is 2.68. The van der Waals surface area contributed by atoms with Crippen LogP contribution in [0, 0.1) is 41.4 Å². The fourth-order valence-corrected chi connectivity index (χ4v) is 15.5. The molecule has 15 atom stereocenters. The second kappa shape index (κ2) is 15.6. The van der Waals surface area contributed by atoms with E-state index in [1.165, 1.54) is 12.0 Å². The molecule has 300 valence electrons. The summed E-state index contributed by atoms with van der Waals surface area (Å²) in [5, 5.41) is 14.5. The first-order chi connectivity index (χ1) is 26.0. The third-order valence-corrected chi connectivity index (χ3v) is 18.3. The second-order valence-corrected chi connectivity index (χ2v) is 20.8. The molecule has 7 fully saturated rings. The highest BCUT2D eigenvalue weighted by molar-refractivity contribution is 8.77. The van der Waals surface area contributed by atoms with E-state index in [-0.39, 0.29) is 78.3 Å². The standard InChI is InChI=1S/C41H62N4O7S2/c1-5-22(2)38(48)52-40(3)11-10-24-21-53-54-33-9-8-30(43-4)29-20-45(37(29)33)35(47)15-27-19-44-34(42)16-28(27)36(24)41(40)18-26-14-25-13-23(7-6-12-46)39(49)50-31(25)17-32(26)51-41/h5,10,23,25-34,36-37,43-44,46H,6-9,11-21,42H2,1-4H3/p+2/t23?,25?,26?,27?,28?,29-,30-,31?,32?,33-,34?,36-,37-,40-,41-/m0/s1. The molecule has 0 aromatic rings. The molecule has 8 rings (SSSR count). The van der Waals surface area contributed by atoms with Gasteiger partial charge in [0.1, 0.15) is 23.5 Å². The first-order valence-corrected chi connectivity index (χ1v) is 23.4. The Hall–Kier alpha value is -1.61. The minimum atomic E-state index is -0.953. The molecule has 1 amide bonds. The number of aliphatic hydroxyl groups is 1. The summed E-state index contributed by atoms with van der Waals surface area (Å²) in [6.45, 7) is 7.49. The Morgan fingerprint density at radius 1 is 1.17 bits per heavy atom. The molecule has 5 heterocycles. The lowest BCUT2D eigenvalue weighted by Gasteiger charge is -2.58. The number of fused-ring (bicyclic) bond motifs is 6. The van der Waals surface area contributed by atoms with Crippen molar-refractivity contribution >= 4 is 39.4 Å². The maximum absolute atomic E-state index is 14.5. The number of carbonyl (C=O) groups is 3. The van der Waals surface area contributed by atoms with Crippen molar-refractivity contribution in [3.8, 4) is 0 Å². The molecule has 54 heavy (non-hydrogen) atoms. The Balaban J connectivity index is 1.17. The molecule has 2 saturated carbocycles. The highest BCUT2D eigenvalue weighted by Crippen LogP contribution is 2.62. The summed E-state index contributed by atoms with van der Waals surface area (Å²) in [7, 11) is 6.11. The van der Waals surface area contributed by atoms with Gasteiger partial charge in [0, 0.05) is 73.7 Å². The number of hydrogen-bond acceptors (Lipinski definition) is 10. The largest absolute Gasteiger partial charge is 0.462 e. The number of aliphatic hydroxyl groups excluding tert-OH is 1. The van der Waals surface area contributed by atoms with Crippen LogP contribution in [0.15, 0.2) is 23.3 Å². The van der Waals surface area contributed by atoms with Crippen LogP contribution in [0.1, 0.15) is 91.4 Å². The van der Waals surface area contributed by atoms with Crippen LogP contribution in [0.4, 0.5) is 0 Å². The number of nitrogens with two attached hydrogens (primary N) is 3. The van der Waals surface area contributed by atoms with Gasteiger partial charge in [0.2, 0.25) is 5.91 Å². The van der Waals surface area contributed by atoms with Crippen LogP contribution in [0.3, 0.4) is 0 Å². The van der Waals surface area contributed by atoms with Gasteiger partial charge in [-0.25, -0.2) is 4.79 Å². The zero-order chi connectivity index (χ0) is 37.9. The fraction of sp³-hybridized carbons (Fsp3) is 0.829. The summed E-state index contributed by atoms with van der Waals surface area (Å²) in [5.41, 5.74) is 6.98. The molecule has 0 radical (unpaired) electrons. The molecule has 0 bridgehead atoms. The number of amides is 1.